The Bertz CT molecular complexity index is 852. The zero-order valence-electron chi connectivity index (χ0n) is 12.7. The van der Waals surface area contributed by atoms with Gasteiger partial charge in [0.2, 0.25) is 5.54 Å². The van der Waals surface area contributed by atoms with Gasteiger partial charge in [0.25, 0.3) is 0 Å². The zero-order chi connectivity index (χ0) is 20.1. The standard InChI is InChI=1S/C15H9Cl2F6NO2/c1-13(14(18,19)20,15(21,22)23)24(12(25)26)11-8-5-3-2-4-7(8)9(16)6-10(11)17/h2-6H,1H3,(H,25,26)/p-1. The van der Waals surface area contributed by atoms with Crippen LogP contribution in [0.15, 0.2) is 30.3 Å². The monoisotopic (exact) mass is 418 g/mol. The topological polar surface area (TPSA) is 43.4 Å². The van der Waals surface area contributed by atoms with Crippen LogP contribution in [-0.4, -0.2) is 24.0 Å². The van der Waals surface area contributed by atoms with Crippen molar-refractivity contribution in [3.05, 3.63) is 40.4 Å². The molecule has 11 heteroatoms. The number of hydrogen-bond acceptors (Lipinski definition) is 2. The molecule has 0 atom stereocenters. The molecule has 2 aromatic carbocycles. The van der Waals surface area contributed by atoms with Crippen LogP contribution in [0.25, 0.3) is 10.8 Å². The van der Waals surface area contributed by atoms with Gasteiger partial charge in [-0.15, -0.1) is 0 Å². The van der Waals surface area contributed by atoms with Gasteiger partial charge < -0.3 is 14.8 Å². The van der Waals surface area contributed by atoms with E-state index >= 15 is 0 Å². The maximum atomic E-state index is 13.4. The van der Waals surface area contributed by atoms with Crippen LogP contribution in [0.5, 0.6) is 0 Å². The number of alkyl halides is 6. The Kier molecular flexibility index (Phi) is 5.02. The summed E-state index contributed by atoms with van der Waals surface area (Å²) < 4.78 is 80.3. The smallest absolute Gasteiger partial charge is 0.420 e. The molecule has 0 heterocycles. The zero-order valence-corrected chi connectivity index (χ0v) is 14.2. The predicted octanol–water partition coefficient (Wildman–Crippen LogP) is 5.18. The second kappa shape index (κ2) is 6.38. The van der Waals surface area contributed by atoms with Crippen molar-refractivity contribution in [2.24, 2.45) is 0 Å². The molecule has 0 saturated carbocycles. The highest BCUT2D eigenvalue weighted by atomic mass is 35.5. The van der Waals surface area contributed by atoms with Crippen LogP contribution in [0.2, 0.25) is 10.0 Å². The number of amides is 1. The summed E-state index contributed by atoms with van der Waals surface area (Å²) in [7, 11) is 0. The Morgan fingerprint density at radius 3 is 1.85 bits per heavy atom. The van der Waals surface area contributed by atoms with Crippen molar-refractivity contribution in [2.45, 2.75) is 24.8 Å². The highest BCUT2D eigenvalue weighted by molar-refractivity contribution is 6.41. The molecule has 0 aliphatic carbocycles. The number of hydrogen-bond donors (Lipinski definition) is 0. The minimum atomic E-state index is -6.02. The second-order valence-electron chi connectivity index (χ2n) is 5.40. The molecule has 2 aromatic rings. The van der Waals surface area contributed by atoms with Crippen LogP contribution >= 0.6 is 23.2 Å². The summed E-state index contributed by atoms with van der Waals surface area (Å²) in [6.45, 7) is -0.303. The number of carbonyl (C=O) groups excluding carboxylic acids is 1. The lowest BCUT2D eigenvalue weighted by molar-refractivity contribution is -0.302. The van der Waals surface area contributed by atoms with Gasteiger partial charge >= 0.3 is 12.4 Å². The summed E-state index contributed by atoms with van der Waals surface area (Å²) >= 11 is 11.7. The van der Waals surface area contributed by atoms with E-state index in [0.29, 0.717) is 0 Å². The van der Waals surface area contributed by atoms with Gasteiger partial charge in [-0.25, -0.2) is 0 Å². The molecule has 0 N–H and O–H groups in total. The van der Waals surface area contributed by atoms with E-state index < -0.39 is 39.6 Å². The lowest BCUT2D eigenvalue weighted by Crippen LogP contribution is -2.69. The molecule has 142 valence electrons. The number of nitrogens with zero attached hydrogens (tertiary/aromatic N) is 1. The van der Waals surface area contributed by atoms with Gasteiger partial charge in [0.05, 0.1) is 15.7 Å². The number of benzene rings is 2. The Labute approximate surface area is 152 Å². The van der Waals surface area contributed by atoms with Crippen LogP contribution in [-0.2, 0) is 0 Å². The van der Waals surface area contributed by atoms with Crippen molar-refractivity contribution in [1.82, 2.24) is 0 Å². The average molecular weight is 419 g/mol. The molecule has 0 radical (unpaired) electrons. The Balaban J connectivity index is 2.98. The van der Waals surface area contributed by atoms with Crippen LogP contribution in [0.3, 0.4) is 0 Å². The van der Waals surface area contributed by atoms with Crippen LogP contribution < -0.4 is 10.0 Å². The van der Waals surface area contributed by atoms with Gasteiger partial charge in [0.15, 0.2) is 0 Å². The summed E-state index contributed by atoms with van der Waals surface area (Å²) in [6.07, 6.45) is -14.8. The van der Waals surface area contributed by atoms with E-state index in [1.54, 1.807) is 0 Å². The quantitative estimate of drug-likeness (QED) is 0.630. The third kappa shape index (κ3) is 3.03. The predicted molar refractivity (Wildman–Crippen MR) is 82.4 cm³/mol. The van der Waals surface area contributed by atoms with Gasteiger partial charge in [0, 0.05) is 10.8 Å². The Hall–Kier alpha value is -1.87. The molecule has 0 unspecified atom stereocenters. The Morgan fingerprint density at radius 2 is 1.42 bits per heavy atom. The lowest BCUT2D eigenvalue weighted by atomic mass is 9.96. The van der Waals surface area contributed by atoms with Crippen LogP contribution in [0, 0.1) is 0 Å². The molecule has 0 fully saturated rings. The van der Waals surface area contributed by atoms with Crippen molar-refractivity contribution >= 4 is 45.8 Å². The number of halogens is 8. The van der Waals surface area contributed by atoms with Gasteiger partial charge in [-0.05, 0) is 13.0 Å². The van der Waals surface area contributed by atoms with E-state index in [-0.39, 0.29) is 22.7 Å². The summed E-state index contributed by atoms with van der Waals surface area (Å²) in [4.78, 5) is 10.5. The van der Waals surface area contributed by atoms with E-state index in [4.69, 9.17) is 23.2 Å². The number of carbonyl (C=O) groups is 1. The van der Waals surface area contributed by atoms with E-state index in [0.717, 1.165) is 12.1 Å². The fraction of sp³-hybridized carbons (Fsp3) is 0.267. The molecule has 1 amide bonds. The third-order valence-electron chi connectivity index (χ3n) is 3.88. The fourth-order valence-corrected chi connectivity index (χ4v) is 3.05. The highest BCUT2D eigenvalue weighted by Crippen LogP contribution is 2.51. The molecular formula is C15H8Cl2F6NO2-. The molecule has 0 spiro atoms. The minimum Gasteiger partial charge on any atom is -0.530 e. The summed E-state index contributed by atoms with van der Waals surface area (Å²) in [5.74, 6) is 0. The second-order valence-corrected chi connectivity index (χ2v) is 6.22. The van der Waals surface area contributed by atoms with Gasteiger partial charge in [-0.2, -0.15) is 26.3 Å². The van der Waals surface area contributed by atoms with Crippen molar-refractivity contribution in [3.63, 3.8) is 0 Å². The van der Waals surface area contributed by atoms with Gasteiger partial charge in [-0.3, -0.25) is 0 Å². The minimum absolute atomic E-state index is 0.0199. The molecule has 0 saturated heterocycles. The van der Waals surface area contributed by atoms with Gasteiger partial charge in [0.1, 0.15) is 6.09 Å². The summed E-state index contributed by atoms with van der Waals surface area (Å²) in [6, 6.07) is 5.96. The molecule has 3 nitrogen and oxygen atoms in total. The molecule has 26 heavy (non-hydrogen) atoms. The van der Waals surface area contributed by atoms with Crippen LogP contribution in [0.1, 0.15) is 6.92 Å². The SMILES string of the molecule is CC(N(C(=O)[O-])c1c(Cl)cc(Cl)c2ccccc12)(C(F)(F)F)C(F)(F)F. The molecule has 0 aliphatic rings. The molecule has 0 bridgehead atoms. The number of carboxylic acid groups (broad SMARTS) is 1. The van der Waals surface area contributed by atoms with E-state index in [9.17, 15) is 36.2 Å². The highest BCUT2D eigenvalue weighted by Gasteiger charge is 2.71. The van der Waals surface area contributed by atoms with Crippen molar-refractivity contribution in [2.75, 3.05) is 4.90 Å². The average Bonchev–Trinajstić information content (AvgIpc) is 2.48. The normalized spacial score (nSPS) is 13.1. The van der Waals surface area contributed by atoms with E-state index in [1.165, 1.54) is 18.2 Å². The third-order valence-corrected chi connectivity index (χ3v) is 4.48. The summed E-state index contributed by atoms with van der Waals surface area (Å²) in [5, 5.41) is 10.4. The number of rotatable bonds is 2. The van der Waals surface area contributed by atoms with Gasteiger partial charge in [-0.1, -0.05) is 47.5 Å². The maximum Gasteiger partial charge on any atom is 0.420 e. The molecule has 0 aromatic heterocycles. The van der Waals surface area contributed by atoms with E-state index in [2.05, 4.69) is 0 Å². The maximum absolute atomic E-state index is 13.4. The van der Waals surface area contributed by atoms with E-state index in [1.807, 2.05) is 0 Å². The molecule has 0 aliphatic heterocycles. The lowest BCUT2D eigenvalue weighted by Gasteiger charge is -2.45. The first-order valence-corrected chi connectivity index (χ1v) is 7.50. The molecule has 2 rings (SSSR count). The first kappa shape index (κ1) is 20.4. The van der Waals surface area contributed by atoms with Crippen molar-refractivity contribution in [1.29, 1.82) is 0 Å². The van der Waals surface area contributed by atoms with Crippen LogP contribution in [0.4, 0.5) is 36.8 Å². The summed E-state index contributed by atoms with van der Waals surface area (Å²) in [5.41, 5.74) is -5.83. The largest absolute Gasteiger partial charge is 0.530 e. The number of anilines is 1. The molecular weight excluding hydrogens is 411 g/mol. The number of fused-ring (bicyclic) bond motifs is 1. The Morgan fingerprint density at radius 1 is 0.962 bits per heavy atom. The fourth-order valence-electron chi connectivity index (χ4n) is 2.42. The van der Waals surface area contributed by atoms with Crippen molar-refractivity contribution < 1.29 is 36.2 Å². The van der Waals surface area contributed by atoms with Crippen molar-refractivity contribution in [3.8, 4) is 0 Å². The first-order chi connectivity index (χ1) is 11.7. The first-order valence-electron chi connectivity index (χ1n) is 6.75.